The lowest BCUT2D eigenvalue weighted by Crippen LogP contribution is -2.46. The maximum atomic E-state index is 13.1. The summed E-state index contributed by atoms with van der Waals surface area (Å²) in [7, 11) is 3.76. The number of hydrogen-bond donors (Lipinski definition) is 0. The minimum atomic E-state index is -0.312. The van der Waals surface area contributed by atoms with Gasteiger partial charge in [-0.05, 0) is 39.0 Å². The molecule has 9 heteroatoms. The van der Waals surface area contributed by atoms with E-state index in [1.54, 1.807) is 18.9 Å². The first-order chi connectivity index (χ1) is 14.2. The molecule has 0 N–H and O–H groups in total. The van der Waals surface area contributed by atoms with E-state index in [9.17, 15) is 14.9 Å². The first-order valence-corrected chi connectivity index (χ1v) is 11.3. The highest BCUT2D eigenvalue weighted by molar-refractivity contribution is 8.26. The number of aromatic nitrogens is 1. The number of nitrogens with zero attached hydrogens (tertiary/aromatic N) is 5. The summed E-state index contributed by atoms with van der Waals surface area (Å²) in [6, 6.07) is 2.07. The molecule has 2 aliphatic heterocycles. The molecule has 0 radical (unpaired) electrons. The fourth-order valence-electron chi connectivity index (χ4n) is 3.79. The molecule has 0 bridgehead atoms. The van der Waals surface area contributed by atoms with Gasteiger partial charge in [0.2, 0.25) is 0 Å². The zero-order chi connectivity index (χ0) is 22.2. The number of anilines is 1. The van der Waals surface area contributed by atoms with E-state index in [2.05, 4.69) is 16.8 Å². The van der Waals surface area contributed by atoms with Crippen LogP contribution in [0.5, 0.6) is 0 Å². The van der Waals surface area contributed by atoms with Crippen LogP contribution < -0.4 is 10.5 Å². The summed E-state index contributed by atoms with van der Waals surface area (Å²) in [5, 5.41) is 9.58. The van der Waals surface area contributed by atoms with Gasteiger partial charge in [-0.3, -0.25) is 19.1 Å². The van der Waals surface area contributed by atoms with Gasteiger partial charge in [-0.15, -0.1) is 0 Å². The molecule has 30 heavy (non-hydrogen) atoms. The first-order valence-electron chi connectivity index (χ1n) is 10.0. The molecular formula is C21H27N5O2S2. The third-order valence-corrected chi connectivity index (χ3v) is 7.23. The molecule has 160 valence electrons. The number of likely N-dealkylation sites (N-methyl/N-ethyl adjacent to an activating group) is 1. The summed E-state index contributed by atoms with van der Waals surface area (Å²) in [5.41, 5.74) is 1.14. The average Bonchev–Trinajstić information content (AvgIpc) is 3.00. The van der Waals surface area contributed by atoms with Crippen LogP contribution in [0.1, 0.15) is 37.0 Å². The second-order valence-corrected chi connectivity index (χ2v) is 9.49. The Hall–Kier alpha value is -2.15. The molecule has 3 heterocycles. The largest absolute Gasteiger partial charge is 0.355 e. The van der Waals surface area contributed by atoms with Crippen LogP contribution in [0.25, 0.3) is 6.08 Å². The number of rotatable bonds is 4. The van der Waals surface area contributed by atoms with E-state index in [1.807, 2.05) is 26.0 Å². The number of carbonyl (C=O) groups excluding carboxylic acids is 1. The molecule has 2 saturated heterocycles. The van der Waals surface area contributed by atoms with Gasteiger partial charge in [-0.2, -0.15) is 5.26 Å². The van der Waals surface area contributed by atoms with Crippen molar-refractivity contribution in [2.75, 3.05) is 38.1 Å². The quantitative estimate of drug-likeness (QED) is 0.520. The Kier molecular flexibility index (Phi) is 6.70. The van der Waals surface area contributed by atoms with E-state index in [-0.39, 0.29) is 23.1 Å². The van der Waals surface area contributed by atoms with E-state index in [0.29, 0.717) is 14.8 Å². The minimum absolute atomic E-state index is 0.0244. The van der Waals surface area contributed by atoms with Gasteiger partial charge in [0.25, 0.3) is 11.5 Å². The van der Waals surface area contributed by atoms with Gasteiger partial charge in [0.05, 0.1) is 4.91 Å². The van der Waals surface area contributed by atoms with Crippen molar-refractivity contribution < 1.29 is 4.79 Å². The second kappa shape index (κ2) is 8.92. The van der Waals surface area contributed by atoms with Crippen LogP contribution in [0.3, 0.4) is 0 Å². The normalized spacial score (nSPS) is 20.2. The van der Waals surface area contributed by atoms with Crippen molar-refractivity contribution in [3.8, 4) is 6.07 Å². The van der Waals surface area contributed by atoms with Gasteiger partial charge in [0, 0.05) is 44.8 Å². The topological polar surface area (TPSA) is 72.6 Å². The van der Waals surface area contributed by atoms with Crippen molar-refractivity contribution >= 4 is 46.1 Å². The lowest BCUT2D eigenvalue weighted by atomic mass is 10.0. The van der Waals surface area contributed by atoms with E-state index in [1.165, 1.54) is 16.3 Å². The number of nitriles is 1. The van der Waals surface area contributed by atoms with Crippen LogP contribution in [0, 0.1) is 18.3 Å². The molecule has 0 aromatic carbocycles. The number of hydrogen-bond acceptors (Lipinski definition) is 7. The molecule has 0 aliphatic carbocycles. The summed E-state index contributed by atoms with van der Waals surface area (Å²) in [6.07, 6.45) is 2.62. The molecule has 1 amide bonds. The molecule has 2 aliphatic rings. The Balaban J connectivity index is 2.16. The second-order valence-electron chi connectivity index (χ2n) is 7.81. The first kappa shape index (κ1) is 22.5. The molecular weight excluding hydrogens is 418 g/mol. The number of pyridine rings is 1. The van der Waals surface area contributed by atoms with Crippen molar-refractivity contribution in [3.05, 3.63) is 31.9 Å². The minimum Gasteiger partial charge on any atom is -0.355 e. The van der Waals surface area contributed by atoms with Crippen LogP contribution in [-0.2, 0) is 11.8 Å². The molecule has 1 aromatic rings. The summed E-state index contributed by atoms with van der Waals surface area (Å²) in [5.74, 6) is 0.633. The summed E-state index contributed by atoms with van der Waals surface area (Å²) in [4.78, 5) is 32.5. The van der Waals surface area contributed by atoms with Crippen molar-refractivity contribution in [3.63, 3.8) is 0 Å². The average molecular weight is 446 g/mol. The van der Waals surface area contributed by atoms with Crippen molar-refractivity contribution in [1.29, 1.82) is 5.26 Å². The van der Waals surface area contributed by atoms with Gasteiger partial charge in [0.1, 0.15) is 21.8 Å². The standard InChI is InChI=1S/C21H27N5O2S2/c1-6-13(2)26-20(28)17(30-21(26)29)11-15-14(3)16(12-22)19(27)24(5)18(15)25-9-7-23(4)8-10-25/h11,13H,6-10H2,1-5H3. The van der Waals surface area contributed by atoms with Crippen LogP contribution in [-0.4, -0.2) is 63.9 Å². The lowest BCUT2D eigenvalue weighted by molar-refractivity contribution is -0.123. The number of thiocarbonyl (C=S) groups is 1. The third kappa shape index (κ3) is 3.92. The summed E-state index contributed by atoms with van der Waals surface area (Å²) < 4.78 is 2.09. The molecule has 0 saturated carbocycles. The summed E-state index contributed by atoms with van der Waals surface area (Å²) in [6.45, 7) is 9.07. The van der Waals surface area contributed by atoms with Crippen molar-refractivity contribution in [1.82, 2.24) is 14.4 Å². The smallest absolute Gasteiger partial charge is 0.270 e. The molecule has 2 fully saturated rings. The molecule has 0 spiro atoms. The Bertz CT molecular complexity index is 1020. The zero-order valence-electron chi connectivity index (χ0n) is 18.1. The maximum Gasteiger partial charge on any atom is 0.270 e. The van der Waals surface area contributed by atoms with Crippen molar-refractivity contribution in [2.24, 2.45) is 7.05 Å². The van der Waals surface area contributed by atoms with Gasteiger partial charge >= 0.3 is 0 Å². The fourth-order valence-corrected chi connectivity index (χ4v) is 5.23. The Morgan fingerprint density at radius 3 is 2.43 bits per heavy atom. The van der Waals surface area contributed by atoms with Gasteiger partial charge in [-0.25, -0.2) is 0 Å². The molecule has 1 aromatic heterocycles. The number of amides is 1. The van der Waals surface area contributed by atoms with Crippen molar-refractivity contribution in [2.45, 2.75) is 33.2 Å². The Morgan fingerprint density at radius 1 is 1.23 bits per heavy atom. The SMILES string of the molecule is CCC(C)N1C(=O)C(=Cc2c(C)c(C#N)c(=O)n(C)c2N2CCN(C)CC2)SC1=S. The zero-order valence-corrected chi connectivity index (χ0v) is 19.7. The predicted molar refractivity (Wildman–Crippen MR) is 126 cm³/mol. The molecule has 1 atom stereocenters. The number of piperazine rings is 1. The highest BCUT2D eigenvalue weighted by atomic mass is 32.2. The highest BCUT2D eigenvalue weighted by Crippen LogP contribution is 2.37. The van der Waals surface area contributed by atoms with E-state index >= 15 is 0 Å². The van der Waals surface area contributed by atoms with E-state index in [0.717, 1.165) is 44.0 Å². The monoisotopic (exact) mass is 445 g/mol. The van der Waals surface area contributed by atoms with Crippen LogP contribution >= 0.6 is 24.0 Å². The highest BCUT2D eigenvalue weighted by Gasteiger charge is 2.35. The number of carbonyl (C=O) groups is 1. The summed E-state index contributed by atoms with van der Waals surface area (Å²) >= 11 is 6.74. The number of thioether (sulfide) groups is 1. The van der Waals surface area contributed by atoms with Crippen LogP contribution in [0.2, 0.25) is 0 Å². The van der Waals surface area contributed by atoms with Gasteiger partial charge < -0.3 is 9.80 Å². The molecule has 7 nitrogen and oxygen atoms in total. The molecule has 3 rings (SSSR count). The maximum absolute atomic E-state index is 13.1. The van der Waals surface area contributed by atoms with E-state index < -0.39 is 0 Å². The van der Waals surface area contributed by atoms with Gasteiger partial charge in [-0.1, -0.05) is 30.9 Å². The van der Waals surface area contributed by atoms with Gasteiger partial charge in [0.15, 0.2) is 0 Å². The lowest BCUT2D eigenvalue weighted by Gasteiger charge is -2.36. The Labute approximate surface area is 186 Å². The van der Waals surface area contributed by atoms with E-state index in [4.69, 9.17) is 12.2 Å². The predicted octanol–water partition coefficient (Wildman–Crippen LogP) is 2.32. The van der Waals surface area contributed by atoms with Crippen LogP contribution in [0.15, 0.2) is 9.70 Å². The Morgan fingerprint density at radius 2 is 1.87 bits per heavy atom. The van der Waals surface area contributed by atoms with Crippen LogP contribution in [0.4, 0.5) is 5.82 Å². The third-order valence-electron chi connectivity index (χ3n) is 5.90. The fraction of sp³-hybridized carbons (Fsp3) is 0.524. The molecule has 1 unspecified atom stereocenters.